The first-order chi connectivity index (χ1) is 7.83. The first-order valence-electron chi connectivity index (χ1n) is 5.60. The molecule has 1 amide bonds. The number of rotatable bonds is 7. The molecule has 1 rings (SSSR count). The summed E-state index contributed by atoms with van der Waals surface area (Å²) in [6.07, 6.45) is 7.12. The molecule has 0 radical (unpaired) electrons. The molecular formula is C13H18N2O. The van der Waals surface area contributed by atoms with Crippen molar-refractivity contribution in [3.63, 3.8) is 0 Å². The van der Waals surface area contributed by atoms with Crippen LogP contribution in [0.15, 0.2) is 37.1 Å². The first-order valence-corrected chi connectivity index (χ1v) is 5.60. The van der Waals surface area contributed by atoms with Gasteiger partial charge in [-0.05, 0) is 31.4 Å². The summed E-state index contributed by atoms with van der Waals surface area (Å²) in [6.45, 7) is 4.16. The van der Waals surface area contributed by atoms with E-state index in [0.717, 1.165) is 25.0 Å². The van der Waals surface area contributed by atoms with Gasteiger partial charge in [-0.15, -0.1) is 6.58 Å². The lowest BCUT2D eigenvalue weighted by Crippen LogP contribution is -2.22. The highest BCUT2D eigenvalue weighted by Crippen LogP contribution is 2.00. The Bertz CT molecular complexity index is 322. The van der Waals surface area contributed by atoms with Gasteiger partial charge >= 0.3 is 0 Å². The Morgan fingerprint density at radius 1 is 1.44 bits per heavy atom. The summed E-state index contributed by atoms with van der Waals surface area (Å²) in [4.78, 5) is 15.5. The molecule has 3 nitrogen and oxygen atoms in total. The number of pyridine rings is 1. The molecule has 0 saturated carbocycles. The summed E-state index contributed by atoms with van der Waals surface area (Å²) in [5.74, 6) is 0.0923. The Kier molecular flexibility index (Phi) is 5.92. The average molecular weight is 218 g/mol. The fourth-order valence-corrected chi connectivity index (χ4v) is 1.35. The van der Waals surface area contributed by atoms with E-state index in [4.69, 9.17) is 0 Å². The van der Waals surface area contributed by atoms with Crippen LogP contribution < -0.4 is 5.32 Å². The van der Waals surface area contributed by atoms with Crippen molar-refractivity contribution in [1.82, 2.24) is 10.3 Å². The van der Waals surface area contributed by atoms with E-state index in [1.165, 1.54) is 0 Å². The largest absolute Gasteiger partial charge is 0.350 e. The summed E-state index contributed by atoms with van der Waals surface area (Å²) in [5, 5.41) is 2.85. The van der Waals surface area contributed by atoms with E-state index in [0.29, 0.717) is 13.0 Å². The van der Waals surface area contributed by atoms with Crippen molar-refractivity contribution in [2.75, 3.05) is 0 Å². The number of unbranched alkanes of at least 4 members (excludes halogenated alkanes) is 2. The lowest BCUT2D eigenvalue weighted by Gasteiger charge is -2.03. The van der Waals surface area contributed by atoms with E-state index in [1.807, 2.05) is 24.3 Å². The van der Waals surface area contributed by atoms with Crippen molar-refractivity contribution < 1.29 is 4.79 Å². The van der Waals surface area contributed by atoms with Crippen molar-refractivity contribution in [2.45, 2.75) is 32.2 Å². The third-order valence-electron chi connectivity index (χ3n) is 2.25. The highest BCUT2D eigenvalue weighted by Gasteiger charge is 2.00. The van der Waals surface area contributed by atoms with E-state index >= 15 is 0 Å². The van der Waals surface area contributed by atoms with Crippen molar-refractivity contribution in [3.8, 4) is 0 Å². The molecule has 16 heavy (non-hydrogen) atoms. The third kappa shape index (κ3) is 5.29. The molecule has 1 N–H and O–H groups in total. The Hall–Kier alpha value is -1.64. The third-order valence-corrected chi connectivity index (χ3v) is 2.25. The number of nitrogens with one attached hydrogen (secondary N) is 1. The van der Waals surface area contributed by atoms with Crippen molar-refractivity contribution in [1.29, 1.82) is 0 Å². The van der Waals surface area contributed by atoms with Gasteiger partial charge in [0.05, 0.1) is 12.2 Å². The number of aromatic nitrogens is 1. The number of allylic oxidation sites excluding steroid dienone is 1. The maximum Gasteiger partial charge on any atom is 0.220 e. The van der Waals surface area contributed by atoms with Gasteiger partial charge in [-0.25, -0.2) is 0 Å². The van der Waals surface area contributed by atoms with Crippen LogP contribution in [0.4, 0.5) is 0 Å². The molecule has 0 fully saturated rings. The number of hydrogen-bond acceptors (Lipinski definition) is 2. The predicted molar refractivity (Wildman–Crippen MR) is 64.7 cm³/mol. The molecule has 1 aromatic rings. The monoisotopic (exact) mass is 218 g/mol. The lowest BCUT2D eigenvalue weighted by molar-refractivity contribution is -0.121. The van der Waals surface area contributed by atoms with Crippen LogP contribution in [0.5, 0.6) is 0 Å². The summed E-state index contributed by atoms with van der Waals surface area (Å²) in [5.41, 5.74) is 0.891. The molecular weight excluding hydrogens is 200 g/mol. The van der Waals surface area contributed by atoms with Gasteiger partial charge in [0.1, 0.15) is 0 Å². The maximum atomic E-state index is 11.4. The Labute approximate surface area is 96.6 Å². The molecule has 3 heteroatoms. The zero-order valence-electron chi connectivity index (χ0n) is 9.48. The smallest absolute Gasteiger partial charge is 0.220 e. The Morgan fingerprint density at radius 2 is 2.31 bits per heavy atom. The number of nitrogens with zero attached hydrogens (tertiary/aromatic N) is 1. The quantitative estimate of drug-likeness (QED) is 0.564. The molecule has 0 atom stereocenters. The molecule has 0 unspecified atom stereocenters. The SMILES string of the molecule is C=CCCCCC(=O)NCc1ccccn1. The second-order valence-corrected chi connectivity index (χ2v) is 3.63. The second kappa shape index (κ2) is 7.63. The topological polar surface area (TPSA) is 42.0 Å². The van der Waals surface area contributed by atoms with Crippen molar-refractivity contribution in [3.05, 3.63) is 42.7 Å². The molecule has 0 aromatic carbocycles. The lowest BCUT2D eigenvalue weighted by atomic mass is 10.2. The first kappa shape index (κ1) is 12.4. The zero-order valence-corrected chi connectivity index (χ0v) is 9.48. The maximum absolute atomic E-state index is 11.4. The molecule has 1 heterocycles. The Morgan fingerprint density at radius 3 is 3.00 bits per heavy atom. The van der Waals surface area contributed by atoms with Crippen LogP contribution in [0.25, 0.3) is 0 Å². The van der Waals surface area contributed by atoms with Crippen molar-refractivity contribution >= 4 is 5.91 Å². The summed E-state index contributed by atoms with van der Waals surface area (Å²) in [7, 11) is 0. The number of amides is 1. The van der Waals surface area contributed by atoms with Crippen LogP contribution in [-0.4, -0.2) is 10.9 Å². The minimum atomic E-state index is 0.0923. The number of hydrogen-bond donors (Lipinski definition) is 1. The summed E-state index contributed by atoms with van der Waals surface area (Å²) < 4.78 is 0. The fourth-order valence-electron chi connectivity index (χ4n) is 1.35. The second-order valence-electron chi connectivity index (χ2n) is 3.63. The molecule has 0 saturated heterocycles. The van der Waals surface area contributed by atoms with Gasteiger partial charge < -0.3 is 5.32 Å². The van der Waals surface area contributed by atoms with Gasteiger partial charge in [-0.1, -0.05) is 12.1 Å². The van der Waals surface area contributed by atoms with Gasteiger partial charge in [0, 0.05) is 12.6 Å². The Balaban J connectivity index is 2.13. The number of carbonyl (C=O) groups excluding carboxylic acids is 1. The standard InChI is InChI=1S/C13H18N2O/c1-2-3-4-5-9-13(16)15-11-12-8-6-7-10-14-12/h2,6-8,10H,1,3-5,9,11H2,(H,15,16). The van der Waals surface area contributed by atoms with Crippen LogP contribution in [0.2, 0.25) is 0 Å². The van der Waals surface area contributed by atoms with Gasteiger partial charge in [-0.2, -0.15) is 0 Å². The van der Waals surface area contributed by atoms with E-state index in [-0.39, 0.29) is 5.91 Å². The predicted octanol–water partition coefficient (Wildman–Crippen LogP) is 2.44. The van der Waals surface area contributed by atoms with Crippen LogP contribution in [0.3, 0.4) is 0 Å². The summed E-state index contributed by atoms with van der Waals surface area (Å²) in [6, 6.07) is 5.68. The molecule has 0 aliphatic heterocycles. The average Bonchev–Trinajstić information content (AvgIpc) is 2.33. The van der Waals surface area contributed by atoms with E-state index in [2.05, 4.69) is 16.9 Å². The highest BCUT2D eigenvalue weighted by atomic mass is 16.1. The molecule has 1 aromatic heterocycles. The zero-order chi connectivity index (χ0) is 11.6. The number of carbonyl (C=O) groups is 1. The normalized spacial score (nSPS) is 9.75. The van der Waals surface area contributed by atoms with Crippen LogP contribution >= 0.6 is 0 Å². The van der Waals surface area contributed by atoms with Gasteiger partial charge in [0.15, 0.2) is 0 Å². The fraction of sp³-hybridized carbons (Fsp3) is 0.385. The van der Waals surface area contributed by atoms with E-state index in [1.54, 1.807) is 6.20 Å². The molecule has 0 bridgehead atoms. The minimum Gasteiger partial charge on any atom is -0.350 e. The summed E-state index contributed by atoms with van der Waals surface area (Å²) >= 11 is 0. The van der Waals surface area contributed by atoms with E-state index in [9.17, 15) is 4.79 Å². The highest BCUT2D eigenvalue weighted by molar-refractivity contribution is 5.75. The van der Waals surface area contributed by atoms with Crippen molar-refractivity contribution in [2.24, 2.45) is 0 Å². The van der Waals surface area contributed by atoms with Gasteiger partial charge in [-0.3, -0.25) is 9.78 Å². The van der Waals surface area contributed by atoms with Gasteiger partial charge in [0.2, 0.25) is 5.91 Å². The van der Waals surface area contributed by atoms with Crippen LogP contribution in [0, 0.1) is 0 Å². The van der Waals surface area contributed by atoms with Crippen LogP contribution in [0.1, 0.15) is 31.4 Å². The van der Waals surface area contributed by atoms with Crippen LogP contribution in [-0.2, 0) is 11.3 Å². The van der Waals surface area contributed by atoms with Gasteiger partial charge in [0.25, 0.3) is 0 Å². The molecule has 86 valence electrons. The molecule has 0 spiro atoms. The molecule has 0 aliphatic rings. The minimum absolute atomic E-state index is 0.0923. The van der Waals surface area contributed by atoms with E-state index < -0.39 is 0 Å². The molecule has 0 aliphatic carbocycles.